The number of rotatable bonds is 5. The molecule has 0 unspecified atom stereocenters. The van der Waals surface area contributed by atoms with Crippen molar-refractivity contribution in [3.63, 3.8) is 0 Å². The van der Waals surface area contributed by atoms with Crippen LogP contribution in [0.5, 0.6) is 5.75 Å². The SMILES string of the molecule is COc1ccc(COC(=O)C2=C(c3cc(C)n(C)n3)S[C@@H]3[C@@H](Br)C(=O)N23)cc1. The highest BCUT2D eigenvalue weighted by Crippen LogP contribution is 2.52. The van der Waals surface area contributed by atoms with E-state index in [2.05, 4.69) is 21.0 Å². The number of aromatic nitrogens is 2. The topological polar surface area (TPSA) is 73.7 Å². The van der Waals surface area contributed by atoms with E-state index < -0.39 is 5.97 Å². The van der Waals surface area contributed by atoms with Crippen LogP contribution in [0.15, 0.2) is 36.0 Å². The molecule has 2 aromatic rings. The van der Waals surface area contributed by atoms with Crippen LogP contribution in [0.4, 0.5) is 0 Å². The van der Waals surface area contributed by atoms with E-state index in [1.54, 1.807) is 23.9 Å². The molecular formula is C19H18BrN3O4S. The van der Waals surface area contributed by atoms with Crippen molar-refractivity contribution in [1.82, 2.24) is 14.7 Å². The van der Waals surface area contributed by atoms with Gasteiger partial charge in [0.15, 0.2) is 0 Å². The molecule has 2 aliphatic rings. The molecule has 1 fully saturated rings. The van der Waals surface area contributed by atoms with Gasteiger partial charge in [0.05, 0.1) is 12.0 Å². The van der Waals surface area contributed by atoms with Crippen molar-refractivity contribution in [2.75, 3.05) is 7.11 Å². The summed E-state index contributed by atoms with van der Waals surface area (Å²) in [6.07, 6.45) is 0. The zero-order valence-electron chi connectivity index (χ0n) is 15.5. The van der Waals surface area contributed by atoms with Gasteiger partial charge in [-0.1, -0.05) is 39.8 Å². The number of halogens is 1. The van der Waals surface area contributed by atoms with Crippen molar-refractivity contribution in [3.8, 4) is 5.75 Å². The van der Waals surface area contributed by atoms with Crippen LogP contribution in [0.25, 0.3) is 4.91 Å². The number of esters is 1. The van der Waals surface area contributed by atoms with Crippen LogP contribution in [0.3, 0.4) is 0 Å². The molecule has 1 saturated heterocycles. The van der Waals surface area contributed by atoms with Crippen LogP contribution < -0.4 is 4.74 Å². The predicted molar refractivity (Wildman–Crippen MR) is 109 cm³/mol. The summed E-state index contributed by atoms with van der Waals surface area (Å²) in [5.41, 5.74) is 2.73. The third-order valence-corrected chi connectivity index (χ3v) is 7.35. The molecule has 0 N–H and O–H groups in total. The minimum absolute atomic E-state index is 0.107. The number of aryl methyl sites for hydroxylation is 2. The van der Waals surface area contributed by atoms with E-state index in [4.69, 9.17) is 9.47 Å². The first-order valence-corrected chi connectivity index (χ1v) is 10.4. The molecule has 2 atom stereocenters. The average molecular weight is 464 g/mol. The molecule has 0 aliphatic carbocycles. The molecule has 0 bridgehead atoms. The molecule has 1 aromatic carbocycles. The smallest absolute Gasteiger partial charge is 0.356 e. The first-order valence-electron chi connectivity index (χ1n) is 8.60. The van der Waals surface area contributed by atoms with E-state index in [-0.39, 0.29) is 28.4 Å². The van der Waals surface area contributed by atoms with Crippen molar-refractivity contribution < 1.29 is 19.1 Å². The minimum Gasteiger partial charge on any atom is -0.497 e. The number of fused-ring (bicyclic) bond motifs is 1. The van der Waals surface area contributed by atoms with Crippen molar-refractivity contribution in [3.05, 3.63) is 53.0 Å². The second-order valence-electron chi connectivity index (χ2n) is 6.51. The molecule has 7 nitrogen and oxygen atoms in total. The van der Waals surface area contributed by atoms with E-state index >= 15 is 0 Å². The molecule has 0 radical (unpaired) electrons. The molecular weight excluding hydrogens is 446 g/mol. The Kier molecular flexibility index (Phi) is 4.96. The number of nitrogens with zero attached hydrogens (tertiary/aromatic N) is 3. The van der Waals surface area contributed by atoms with Crippen molar-refractivity contribution in [2.24, 2.45) is 7.05 Å². The van der Waals surface area contributed by atoms with Gasteiger partial charge in [0, 0.05) is 12.7 Å². The molecule has 9 heteroatoms. The zero-order valence-corrected chi connectivity index (χ0v) is 17.9. The molecule has 2 aliphatic heterocycles. The third kappa shape index (κ3) is 3.12. The summed E-state index contributed by atoms with van der Waals surface area (Å²) in [5, 5.41) is 4.31. The first kappa shape index (κ1) is 19.1. The lowest BCUT2D eigenvalue weighted by Crippen LogP contribution is -2.58. The number of hydrogen-bond donors (Lipinski definition) is 0. The van der Waals surface area contributed by atoms with Gasteiger partial charge in [0.2, 0.25) is 5.91 Å². The van der Waals surface area contributed by atoms with Crippen molar-refractivity contribution in [2.45, 2.75) is 23.7 Å². The number of alkyl halides is 1. The fourth-order valence-electron chi connectivity index (χ4n) is 3.05. The third-order valence-electron chi connectivity index (χ3n) is 4.74. The summed E-state index contributed by atoms with van der Waals surface area (Å²) in [6, 6.07) is 9.18. The second kappa shape index (κ2) is 7.29. The fourth-order valence-corrected chi connectivity index (χ4v) is 5.13. The fraction of sp³-hybridized carbons (Fsp3) is 0.316. The highest BCUT2D eigenvalue weighted by molar-refractivity contribution is 9.10. The van der Waals surface area contributed by atoms with Gasteiger partial charge in [-0.2, -0.15) is 5.10 Å². The van der Waals surface area contributed by atoms with Crippen LogP contribution >= 0.6 is 27.7 Å². The summed E-state index contributed by atoms with van der Waals surface area (Å²) in [4.78, 5) is 27.1. The van der Waals surface area contributed by atoms with Gasteiger partial charge < -0.3 is 9.47 Å². The number of carbonyl (C=O) groups is 2. The molecule has 0 spiro atoms. The molecule has 4 rings (SSSR count). The van der Waals surface area contributed by atoms with E-state index in [1.807, 2.05) is 32.2 Å². The Balaban J connectivity index is 1.59. The summed E-state index contributed by atoms with van der Waals surface area (Å²) < 4.78 is 12.4. The minimum atomic E-state index is -0.531. The van der Waals surface area contributed by atoms with E-state index in [1.165, 1.54) is 16.7 Å². The number of hydrogen-bond acceptors (Lipinski definition) is 6. The average Bonchev–Trinajstić information content (AvgIpc) is 3.24. The van der Waals surface area contributed by atoms with Crippen LogP contribution in [0.2, 0.25) is 0 Å². The molecule has 146 valence electrons. The number of ether oxygens (including phenoxy) is 2. The quantitative estimate of drug-likeness (QED) is 0.385. The molecule has 1 aromatic heterocycles. The van der Waals surface area contributed by atoms with Gasteiger partial charge in [-0.25, -0.2) is 4.79 Å². The van der Waals surface area contributed by atoms with Gasteiger partial charge in [-0.15, -0.1) is 0 Å². The van der Waals surface area contributed by atoms with Gasteiger partial charge in [-0.3, -0.25) is 14.4 Å². The van der Waals surface area contributed by atoms with Crippen LogP contribution in [-0.4, -0.2) is 43.9 Å². The normalized spacial score (nSPS) is 20.9. The number of methoxy groups -OCH3 is 1. The molecule has 3 heterocycles. The van der Waals surface area contributed by atoms with E-state index in [0.29, 0.717) is 10.6 Å². The summed E-state index contributed by atoms with van der Waals surface area (Å²) in [7, 11) is 3.44. The number of benzene rings is 1. The Labute approximate surface area is 174 Å². The van der Waals surface area contributed by atoms with Crippen LogP contribution in [0.1, 0.15) is 17.0 Å². The Morgan fingerprint density at radius 3 is 2.64 bits per heavy atom. The lowest BCUT2D eigenvalue weighted by atomic mass is 10.1. The summed E-state index contributed by atoms with van der Waals surface area (Å²) in [6.45, 7) is 2.04. The number of amides is 1. The van der Waals surface area contributed by atoms with Gasteiger partial charge in [-0.05, 0) is 30.7 Å². The lowest BCUT2D eigenvalue weighted by molar-refractivity contribution is -0.148. The lowest BCUT2D eigenvalue weighted by Gasteiger charge is -2.39. The standard InChI is InChI=1S/C19H18BrN3O4S/c1-10-8-13(21-22(10)2)16-15(23-17(24)14(20)18(23)28-16)19(25)27-9-11-4-6-12(26-3)7-5-11/h4-8,14,18H,9H2,1-3H3/t14-,18+/m0/s1. The maximum atomic E-state index is 12.9. The Bertz CT molecular complexity index is 966. The van der Waals surface area contributed by atoms with Gasteiger partial charge >= 0.3 is 5.97 Å². The van der Waals surface area contributed by atoms with Crippen LogP contribution in [-0.2, 0) is 28.0 Å². The maximum absolute atomic E-state index is 12.9. The molecule has 28 heavy (non-hydrogen) atoms. The van der Waals surface area contributed by atoms with E-state index in [0.717, 1.165) is 17.0 Å². The first-order chi connectivity index (χ1) is 13.4. The van der Waals surface area contributed by atoms with Crippen molar-refractivity contribution >= 4 is 44.5 Å². The monoisotopic (exact) mass is 463 g/mol. The summed E-state index contributed by atoms with van der Waals surface area (Å²) >= 11 is 4.84. The second-order valence-corrected chi connectivity index (χ2v) is 8.63. The van der Waals surface area contributed by atoms with Crippen molar-refractivity contribution in [1.29, 1.82) is 0 Å². The molecule has 0 saturated carbocycles. The Hall–Kier alpha value is -2.26. The Morgan fingerprint density at radius 1 is 1.32 bits per heavy atom. The zero-order chi connectivity index (χ0) is 20.0. The number of β-lactam (4-membered cyclic amide) rings is 1. The number of thioether (sulfide) groups is 1. The van der Waals surface area contributed by atoms with Gasteiger partial charge in [0.1, 0.15) is 33.9 Å². The predicted octanol–water partition coefficient (Wildman–Crippen LogP) is 2.83. The maximum Gasteiger partial charge on any atom is 0.356 e. The largest absolute Gasteiger partial charge is 0.497 e. The van der Waals surface area contributed by atoms with E-state index in [9.17, 15) is 9.59 Å². The van der Waals surface area contributed by atoms with Gasteiger partial charge in [0.25, 0.3) is 0 Å². The molecule has 1 amide bonds. The highest BCUT2D eigenvalue weighted by atomic mass is 79.9. The highest BCUT2D eigenvalue weighted by Gasteiger charge is 2.55. The number of carbonyl (C=O) groups excluding carboxylic acids is 2. The Morgan fingerprint density at radius 2 is 2.04 bits per heavy atom. The van der Waals surface area contributed by atoms with Crippen LogP contribution in [0, 0.1) is 6.92 Å². The summed E-state index contributed by atoms with van der Waals surface area (Å²) in [5.74, 6) is 0.0589.